The number of hydrogen-bond acceptors (Lipinski definition) is 4. The molecule has 0 aliphatic rings. The standard InChI is InChI=1S/C13H32O4Si2/c1-7-10-18(14-3,15-4)12-9-13-19(16-5,17-6)11-8-2/h7-13H2,1-6H3. The SMILES string of the molecule is CCC[Si](CCC[Si](CCC)(OC)OC)(OC)OC. The predicted molar refractivity (Wildman–Crippen MR) is 84.0 cm³/mol. The van der Waals surface area contributed by atoms with Crippen LogP contribution in [0.2, 0.25) is 24.2 Å². The molecule has 0 radical (unpaired) electrons. The molecule has 116 valence electrons. The molecule has 0 bridgehead atoms. The average Bonchev–Trinajstić information content (AvgIpc) is 2.45. The van der Waals surface area contributed by atoms with Gasteiger partial charge in [0.2, 0.25) is 0 Å². The van der Waals surface area contributed by atoms with E-state index in [-0.39, 0.29) is 0 Å². The maximum atomic E-state index is 5.72. The third-order valence-corrected chi connectivity index (χ3v) is 11.6. The molecule has 0 heterocycles. The first kappa shape index (κ1) is 19.3. The predicted octanol–water partition coefficient (Wildman–Crippen LogP) is 3.67. The summed E-state index contributed by atoms with van der Waals surface area (Å²) in [5.41, 5.74) is 0. The van der Waals surface area contributed by atoms with E-state index in [0.29, 0.717) is 0 Å². The van der Waals surface area contributed by atoms with Crippen LogP contribution < -0.4 is 0 Å². The smallest absolute Gasteiger partial charge is 0.337 e. The van der Waals surface area contributed by atoms with Crippen LogP contribution in [0.1, 0.15) is 33.1 Å². The van der Waals surface area contributed by atoms with Crippen molar-refractivity contribution in [2.45, 2.75) is 57.3 Å². The zero-order valence-corrected chi connectivity index (χ0v) is 15.6. The van der Waals surface area contributed by atoms with Gasteiger partial charge in [-0.25, -0.2) is 0 Å². The fourth-order valence-electron chi connectivity index (χ4n) is 2.62. The van der Waals surface area contributed by atoms with Gasteiger partial charge < -0.3 is 17.7 Å². The molecule has 0 aromatic heterocycles. The van der Waals surface area contributed by atoms with Gasteiger partial charge in [0.1, 0.15) is 0 Å². The van der Waals surface area contributed by atoms with Crippen molar-refractivity contribution in [1.82, 2.24) is 0 Å². The first-order valence-electron chi connectivity index (χ1n) is 7.28. The Morgan fingerprint density at radius 2 is 0.895 bits per heavy atom. The van der Waals surface area contributed by atoms with Gasteiger partial charge in [0.05, 0.1) is 0 Å². The minimum absolute atomic E-state index is 1.03. The Morgan fingerprint density at radius 1 is 0.579 bits per heavy atom. The molecule has 0 fully saturated rings. The highest BCUT2D eigenvalue weighted by Crippen LogP contribution is 2.27. The summed E-state index contributed by atoms with van der Waals surface area (Å²) in [4.78, 5) is 0. The van der Waals surface area contributed by atoms with Gasteiger partial charge in [-0.2, -0.15) is 0 Å². The Balaban J connectivity index is 4.43. The van der Waals surface area contributed by atoms with E-state index in [1.54, 1.807) is 28.4 Å². The maximum absolute atomic E-state index is 5.72. The topological polar surface area (TPSA) is 36.9 Å². The molecule has 19 heavy (non-hydrogen) atoms. The zero-order chi connectivity index (χ0) is 14.8. The molecule has 0 amide bonds. The van der Waals surface area contributed by atoms with E-state index in [1.807, 2.05) is 0 Å². The summed E-state index contributed by atoms with van der Waals surface area (Å²) in [5, 5.41) is 0. The van der Waals surface area contributed by atoms with Gasteiger partial charge in [0.25, 0.3) is 0 Å². The van der Waals surface area contributed by atoms with Crippen molar-refractivity contribution < 1.29 is 17.7 Å². The van der Waals surface area contributed by atoms with Crippen molar-refractivity contribution >= 4 is 17.1 Å². The first-order valence-corrected chi connectivity index (χ1v) is 11.7. The third-order valence-electron chi connectivity index (χ3n) is 3.87. The number of hydrogen-bond donors (Lipinski definition) is 0. The van der Waals surface area contributed by atoms with Crippen LogP contribution in [0.4, 0.5) is 0 Å². The maximum Gasteiger partial charge on any atom is 0.337 e. The highest BCUT2D eigenvalue weighted by Gasteiger charge is 2.38. The molecule has 0 saturated heterocycles. The monoisotopic (exact) mass is 308 g/mol. The fraction of sp³-hybridized carbons (Fsp3) is 1.00. The van der Waals surface area contributed by atoms with E-state index in [1.165, 1.54) is 0 Å². The Bertz CT molecular complexity index is 197. The normalized spacial score (nSPS) is 12.9. The summed E-state index contributed by atoms with van der Waals surface area (Å²) < 4.78 is 22.9. The van der Waals surface area contributed by atoms with Gasteiger partial charge in [-0.1, -0.05) is 26.7 Å². The molecule has 0 saturated carbocycles. The van der Waals surface area contributed by atoms with Crippen LogP contribution in [0, 0.1) is 0 Å². The van der Waals surface area contributed by atoms with Crippen LogP contribution in [0.5, 0.6) is 0 Å². The van der Waals surface area contributed by atoms with Gasteiger partial charge in [-0.15, -0.1) is 0 Å². The molecular weight excluding hydrogens is 276 g/mol. The van der Waals surface area contributed by atoms with Crippen LogP contribution >= 0.6 is 0 Å². The molecule has 0 aliphatic carbocycles. The third kappa shape index (κ3) is 6.05. The van der Waals surface area contributed by atoms with E-state index in [0.717, 1.165) is 43.4 Å². The average molecular weight is 309 g/mol. The fourth-order valence-corrected chi connectivity index (χ4v) is 8.40. The number of rotatable bonds is 12. The molecule has 6 heteroatoms. The van der Waals surface area contributed by atoms with Gasteiger partial charge in [0, 0.05) is 28.4 Å². The van der Waals surface area contributed by atoms with Crippen molar-refractivity contribution in [3.8, 4) is 0 Å². The van der Waals surface area contributed by atoms with Gasteiger partial charge >= 0.3 is 17.1 Å². The first-order chi connectivity index (χ1) is 9.07. The van der Waals surface area contributed by atoms with Crippen molar-refractivity contribution in [1.29, 1.82) is 0 Å². The largest absolute Gasteiger partial charge is 0.398 e. The van der Waals surface area contributed by atoms with E-state index in [2.05, 4.69) is 13.8 Å². The summed E-state index contributed by atoms with van der Waals surface area (Å²) in [5.74, 6) is 0. The second kappa shape index (κ2) is 10.1. The van der Waals surface area contributed by atoms with Crippen molar-refractivity contribution in [2.24, 2.45) is 0 Å². The van der Waals surface area contributed by atoms with E-state index in [4.69, 9.17) is 17.7 Å². The molecule has 0 aliphatic heterocycles. The minimum atomic E-state index is -1.98. The van der Waals surface area contributed by atoms with Crippen LogP contribution in [-0.4, -0.2) is 45.6 Å². The van der Waals surface area contributed by atoms with Gasteiger partial charge in [0.15, 0.2) is 0 Å². The Labute approximate surface area is 121 Å². The lowest BCUT2D eigenvalue weighted by Gasteiger charge is -2.30. The molecule has 0 rings (SSSR count). The Kier molecular flexibility index (Phi) is 10.2. The lowest BCUT2D eigenvalue weighted by Crippen LogP contribution is -2.42. The van der Waals surface area contributed by atoms with Crippen LogP contribution in [0.3, 0.4) is 0 Å². The Hall–Kier alpha value is 0.274. The molecule has 0 aromatic carbocycles. The quantitative estimate of drug-likeness (QED) is 0.516. The summed E-state index contributed by atoms with van der Waals surface area (Å²) in [6.45, 7) is 4.36. The second-order valence-corrected chi connectivity index (χ2v) is 12.3. The van der Waals surface area contributed by atoms with Crippen molar-refractivity contribution in [3.63, 3.8) is 0 Å². The van der Waals surface area contributed by atoms with E-state index in [9.17, 15) is 0 Å². The lowest BCUT2D eigenvalue weighted by atomic mass is 10.6. The van der Waals surface area contributed by atoms with Crippen molar-refractivity contribution in [3.05, 3.63) is 0 Å². The molecule has 0 atom stereocenters. The zero-order valence-electron chi connectivity index (χ0n) is 13.6. The Morgan fingerprint density at radius 3 is 1.11 bits per heavy atom. The molecular formula is C13H32O4Si2. The van der Waals surface area contributed by atoms with Crippen molar-refractivity contribution in [2.75, 3.05) is 28.4 Å². The highest BCUT2D eigenvalue weighted by atomic mass is 28.4. The van der Waals surface area contributed by atoms with E-state index < -0.39 is 17.1 Å². The second-order valence-electron chi connectivity index (χ2n) is 4.99. The molecule has 0 unspecified atom stereocenters. The lowest BCUT2D eigenvalue weighted by molar-refractivity contribution is 0.232. The molecule has 0 N–H and O–H groups in total. The van der Waals surface area contributed by atoms with Crippen LogP contribution in [0.25, 0.3) is 0 Å². The summed E-state index contributed by atoms with van der Waals surface area (Å²) in [6.07, 6.45) is 3.29. The molecule has 0 spiro atoms. The summed E-state index contributed by atoms with van der Waals surface area (Å²) >= 11 is 0. The van der Waals surface area contributed by atoms with Crippen LogP contribution in [-0.2, 0) is 17.7 Å². The van der Waals surface area contributed by atoms with Crippen LogP contribution in [0.15, 0.2) is 0 Å². The minimum Gasteiger partial charge on any atom is -0.398 e. The molecule has 0 aromatic rings. The van der Waals surface area contributed by atoms with Gasteiger partial charge in [-0.05, 0) is 30.6 Å². The molecule has 4 nitrogen and oxygen atoms in total. The highest BCUT2D eigenvalue weighted by molar-refractivity contribution is 6.69. The summed E-state index contributed by atoms with van der Waals surface area (Å²) in [6, 6.07) is 4.17. The summed E-state index contributed by atoms with van der Waals surface area (Å²) in [7, 11) is 3.18. The van der Waals surface area contributed by atoms with Gasteiger partial charge in [-0.3, -0.25) is 0 Å². The van der Waals surface area contributed by atoms with E-state index >= 15 is 0 Å².